The summed E-state index contributed by atoms with van der Waals surface area (Å²) in [5.74, 6) is 0.447. The van der Waals surface area contributed by atoms with Crippen LogP contribution < -0.4 is 5.32 Å². The van der Waals surface area contributed by atoms with Crippen molar-refractivity contribution >= 4 is 39.1 Å². The Morgan fingerprint density at radius 3 is 2.85 bits per heavy atom. The van der Waals surface area contributed by atoms with Gasteiger partial charge in [0, 0.05) is 29.7 Å². The van der Waals surface area contributed by atoms with Crippen molar-refractivity contribution in [2.45, 2.75) is 18.9 Å². The van der Waals surface area contributed by atoms with Gasteiger partial charge in [0.15, 0.2) is 0 Å². The summed E-state index contributed by atoms with van der Waals surface area (Å²) in [6.45, 7) is 0. The molecule has 1 N–H and O–H groups in total. The van der Waals surface area contributed by atoms with E-state index in [1.165, 1.54) is 7.11 Å². The minimum absolute atomic E-state index is 0.264. The molecule has 1 atom stereocenters. The predicted molar refractivity (Wildman–Crippen MR) is 105 cm³/mol. The third-order valence-electron chi connectivity index (χ3n) is 4.07. The molecule has 1 aromatic carbocycles. The van der Waals surface area contributed by atoms with Crippen LogP contribution in [0.3, 0.4) is 0 Å². The predicted octanol–water partition coefficient (Wildman–Crippen LogP) is 3.27. The van der Waals surface area contributed by atoms with Crippen LogP contribution in [-0.2, 0) is 9.53 Å². The second-order valence-corrected chi connectivity index (χ2v) is 6.65. The van der Waals surface area contributed by atoms with Crippen LogP contribution in [0.4, 0.5) is 5.69 Å². The molecule has 3 rings (SSSR count). The summed E-state index contributed by atoms with van der Waals surface area (Å²) in [6, 6.07) is 11.3. The molecule has 2 heterocycles. The molecular weight excluding hydrogens is 396 g/mol. The van der Waals surface area contributed by atoms with Crippen molar-refractivity contribution in [1.29, 1.82) is 0 Å². The monoisotopic (exact) mass is 414 g/mol. The summed E-state index contributed by atoms with van der Waals surface area (Å²) in [7, 11) is 3.20. The Morgan fingerprint density at radius 1 is 1.31 bits per heavy atom. The SMILES string of the molecule is CNC1=Nc2ccc(Br)cc2C(c2ccccn2)=N[C@H]1CCC(=O)OC. The molecule has 0 saturated heterocycles. The van der Waals surface area contributed by atoms with Gasteiger partial charge in [0.2, 0.25) is 0 Å². The number of aromatic nitrogens is 1. The maximum atomic E-state index is 11.6. The highest BCUT2D eigenvalue weighted by Gasteiger charge is 2.24. The van der Waals surface area contributed by atoms with Crippen molar-refractivity contribution in [3.63, 3.8) is 0 Å². The fourth-order valence-electron chi connectivity index (χ4n) is 2.77. The molecule has 0 unspecified atom stereocenters. The number of aliphatic imine (C=N–C) groups is 2. The zero-order chi connectivity index (χ0) is 18.5. The molecular formula is C19H19BrN4O2. The van der Waals surface area contributed by atoms with E-state index in [1.807, 2.05) is 43.4 Å². The number of amidine groups is 1. The topological polar surface area (TPSA) is 75.9 Å². The van der Waals surface area contributed by atoms with Gasteiger partial charge >= 0.3 is 5.97 Å². The zero-order valence-corrected chi connectivity index (χ0v) is 16.2. The minimum Gasteiger partial charge on any atom is -0.469 e. The quantitative estimate of drug-likeness (QED) is 0.778. The van der Waals surface area contributed by atoms with E-state index < -0.39 is 0 Å². The molecule has 0 saturated carbocycles. The number of carbonyl (C=O) groups is 1. The van der Waals surface area contributed by atoms with Crippen molar-refractivity contribution in [1.82, 2.24) is 10.3 Å². The maximum absolute atomic E-state index is 11.6. The van der Waals surface area contributed by atoms with Gasteiger partial charge in [-0.1, -0.05) is 22.0 Å². The van der Waals surface area contributed by atoms with E-state index in [2.05, 4.69) is 26.2 Å². The van der Waals surface area contributed by atoms with Gasteiger partial charge < -0.3 is 10.1 Å². The number of benzene rings is 1. The van der Waals surface area contributed by atoms with Gasteiger partial charge in [0.05, 0.1) is 24.2 Å². The lowest BCUT2D eigenvalue weighted by Gasteiger charge is -2.14. The third kappa shape index (κ3) is 3.99. The lowest BCUT2D eigenvalue weighted by atomic mass is 10.0. The highest BCUT2D eigenvalue weighted by molar-refractivity contribution is 9.10. The Labute approximate surface area is 160 Å². The van der Waals surface area contributed by atoms with Crippen molar-refractivity contribution in [3.05, 3.63) is 58.3 Å². The fraction of sp³-hybridized carbons (Fsp3) is 0.263. The molecule has 0 amide bonds. The normalized spacial score (nSPS) is 16.0. The summed E-state index contributed by atoms with van der Waals surface area (Å²) < 4.78 is 5.70. The average molecular weight is 415 g/mol. The minimum atomic E-state index is -0.290. The van der Waals surface area contributed by atoms with Gasteiger partial charge in [-0.3, -0.25) is 14.8 Å². The smallest absolute Gasteiger partial charge is 0.305 e. The van der Waals surface area contributed by atoms with Crippen molar-refractivity contribution < 1.29 is 9.53 Å². The Bertz CT molecular complexity index is 865. The molecule has 0 aliphatic carbocycles. The number of hydrogen-bond donors (Lipinski definition) is 1. The zero-order valence-electron chi connectivity index (χ0n) is 14.6. The maximum Gasteiger partial charge on any atom is 0.305 e. The van der Waals surface area contributed by atoms with Crippen LogP contribution in [-0.4, -0.2) is 42.7 Å². The summed E-state index contributed by atoms with van der Waals surface area (Å²) >= 11 is 3.52. The molecule has 0 radical (unpaired) electrons. The Balaban J connectivity index is 2.11. The van der Waals surface area contributed by atoms with E-state index in [4.69, 9.17) is 14.7 Å². The van der Waals surface area contributed by atoms with E-state index in [9.17, 15) is 4.79 Å². The number of nitrogens with zero attached hydrogens (tertiary/aromatic N) is 3. The number of pyridine rings is 1. The van der Waals surface area contributed by atoms with Gasteiger partial charge in [0.25, 0.3) is 0 Å². The molecule has 26 heavy (non-hydrogen) atoms. The van der Waals surface area contributed by atoms with Crippen LogP contribution in [0, 0.1) is 0 Å². The van der Waals surface area contributed by atoms with Crippen molar-refractivity contribution in [2.75, 3.05) is 14.2 Å². The largest absolute Gasteiger partial charge is 0.469 e. The summed E-state index contributed by atoms with van der Waals surface area (Å²) in [6.07, 6.45) is 2.50. The van der Waals surface area contributed by atoms with E-state index in [0.717, 1.165) is 27.1 Å². The van der Waals surface area contributed by atoms with Crippen molar-refractivity contribution in [3.8, 4) is 0 Å². The number of likely N-dealkylation sites (N-methyl/N-ethyl adjacent to an activating group) is 1. The first-order chi connectivity index (χ1) is 12.6. The lowest BCUT2D eigenvalue weighted by molar-refractivity contribution is -0.140. The molecule has 2 aromatic rings. The number of carbonyl (C=O) groups excluding carboxylic acids is 1. The fourth-order valence-corrected chi connectivity index (χ4v) is 3.13. The molecule has 0 fully saturated rings. The van der Waals surface area contributed by atoms with Crippen LogP contribution >= 0.6 is 15.9 Å². The number of nitrogens with one attached hydrogen (secondary N) is 1. The standard InChI is InChI=1S/C19H19BrN4O2/c1-21-19-16(8-9-17(25)26-2)23-18(15-5-3-4-10-22-15)13-11-12(20)6-7-14(13)24-19/h3-7,10-11,16H,8-9H2,1-2H3,(H,21,24)/t16-/m0/s1. The highest BCUT2D eigenvalue weighted by Crippen LogP contribution is 2.29. The summed E-state index contributed by atoms with van der Waals surface area (Å²) in [4.78, 5) is 25.7. The van der Waals surface area contributed by atoms with Crippen molar-refractivity contribution in [2.24, 2.45) is 9.98 Å². The number of fused-ring (bicyclic) bond motifs is 1. The summed E-state index contributed by atoms with van der Waals surface area (Å²) in [5.41, 5.74) is 3.22. The Kier molecular flexibility index (Phi) is 5.78. The van der Waals surface area contributed by atoms with Gasteiger partial charge in [0.1, 0.15) is 11.9 Å². The number of rotatable bonds is 4. The third-order valence-corrected chi connectivity index (χ3v) is 4.56. The first-order valence-corrected chi connectivity index (χ1v) is 9.04. The number of esters is 1. The Morgan fingerprint density at radius 2 is 2.15 bits per heavy atom. The number of ether oxygens (including phenoxy) is 1. The molecule has 6 nitrogen and oxygen atoms in total. The first kappa shape index (κ1) is 18.3. The second kappa shape index (κ2) is 8.23. The van der Waals surface area contributed by atoms with Crippen LogP contribution in [0.1, 0.15) is 24.1 Å². The lowest BCUT2D eigenvalue weighted by Crippen LogP contribution is -2.31. The van der Waals surface area contributed by atoms with Gasteiger partial charge in [-0.2, -0.15) is 0 Å². The number of halogens is 1. The molecule has 0 spiro atoms. The van der Waals surface area contributed by atoms with Crippen LogP contribution in [0.25, 0.3) is 0 Å². The number of methoxy groups -OCH3 is 1. The summed E-state index contributed by atoms with van der Waals surface area (Å²) in [5, 5.41) is 3.12. The van der Waals surface area contributed by atoms with Crippen LogP contribution in [0.2, 0.25) is 0 Å². The van der Waals surface area contributed by atoms with E-state index in [1.54, 1.807) is 6.20 Å². The molecule has 7 heteroatoms. The van der Waals surface area contributed by atoms with Gasteiger partial charge in [-0.25, -0.2) is 4.99 Å². The van der Waals surface area contributed by atoms with Crippen LogP contribution in [0.5, 0.6) is 0 Å². The van der Waals surface area contributed by atoms with E-state index in [-0.39, 0.29) is 18.4 Å². The molecule has 1 aliphatic heterocycles. The van der Waals surface area contributed by atoms with Gasteiger partial charge in [-0.05, 0) is 36.8 Å². The highest BCUT2D eigenvalue weighted by atomic mass is 79.9. The van der Waals surface area contributed by atoms with Gasteiger partial charge in [-0.15, -0.1) is 0 Å². The molecule has 1 aromatic heterocycles. The van der Waals surface area contributed by atoms with E-state index in [0.29, 0.717) is 12.3 Å². The van der Waals surface area contributed by atoms with Crippen LogP contribution in [0.15, 0.2) is 57.1 Å². The Hall–Kier alpha value is -2.54. The molecule has 0 bridgehead atoms. The number of hydrogen-bond acceptors (Lipinski definition) is 6. The second-order valence-electron chi connectivity index (χ2n) is 5.73. The average Bonchev–Trinajstić information content (AvgIpc) is 2.83. The molecule has 134 valence electrons. The molecule has 1 aliphatic rings. The van der Waals surface area contributed by atoms with E-state index >= 15 is 0 Å². The first-order valence-electron chi connectivity index (χ1n) is 8.24.